The number of methoxy groups -OCH3 is 1. The molecule has 4 heterocycles. The second kappa shape index (κ2) is 10.0. The molecule has 1 aromatic carbocycles. The zero-order valence-electron chi connectivity index (χ0n) is 19.1. The molecule has 10 heteroatoms. The number of anilines is 1. The first-order valence-electron chi connectivity index (χ1n) is 10.9. The van der Waals surface area contributed by atoms with E-state index in [4.69, 9.17) is 14.7 Å². The molecule has 9 nitrogen and oxygen atoms in total. The van der Waals surface area contributed by atoms with Crippen molar-refractivity contribution < 1.29 is 9.53 Å². The Morgan fingerprint density at radius 2 is 1.89 bits per heavy atom. The van der Waals surface area contributed by atoms with Gasteiger partial charge in [0.1, 0.15) is 0 Å². The van der Waals surface area contributed by atoms with Crippen molar-refractivity contribution in [3.8, 4) is 17.3 Å². The third kappa shape index (κ3) is 5.20. The Kier molecular flexibility index (Phi) is 6.50. The van der Waals surface area contributed by atoms with E-state index >= 15 is 0 Å². The van der Waals surface area contributed by atoms with E-state index in [9.17, 15) is 4.79 Å². The van der Waals surface area contributed by atoms with Crippen molar-refractivity contribution in [2.45, 2.75) is 13.5 Å². The summed E-state index contributed by atoms with van der Waals surface area (Å²) in [7, 11) is 1.65. The number of pyridine rings is 2. The molecule has 0 saturated carbocycles. The van der Waals surface area contributed by atoms with Crippen molar-refractivity contribution in [2.24, 2.45) is 0 Å². The van der Waals surface area contributed by atoms with Crippen LogP contribution in [0.3, 0.4) is 0 Å². The molecule has 4 aromatic heterocycles. The van der Waals surface area contributed by atoms with Gasteiger partial charge in [0.15, 0.2) is 0 Å². The summed E-state index contributed by atoms with van der Waals surface area (Å²) in [6, 6.07) is 17.5. The molecule has 0 saturated heterocycles. The monoisotopic (exact) mass is 527 g/mol. The molecule has 0 aliphatic heterocycles. The van der Waals surface area contributed by atoms with Gasteiger partial charge in [0, 0.05) is 0 Å². The summed E-state index contributed by atoms with van der Waals surface area (Å²) in [6.45, 7) is 2.08. The Labute approximate surface area is 208 Å². The van der Waals surface area contributed by atoms with Crippen LogP contribution in [0.5, 0.6) is 5.75 Å². The maximum atomic E-state index is 11.5. The number of hydrogen-bond donors (Lipinski definition) is 1. The number of aromatic nitrogens is 6. The van der Waals surface area contributed by atoms with Crippen LogP contribution in [0.4, 0.5) is 5.82 Å². The Hall–Kier alpha value is -4.10. The van der Waals surface area contributed by atoms with Crippen LogP contribution < -0.4 is 18.9 Å². The molecule has 1 atom stereocenters. The molecule has 0 aliphatic carbocycles. The number of amides is 1. The Bertz CT molecular complexity index is 1490. The van der Waals surface area contributed by atoms with Gasteiger partial charge in [-0.1, -0.05) is 0 Å². The van der Waals surface area contributed by atoms with Crippen LogP contribution in [0, 0.1) is 0 Å². The number of benzene rings is 1. The molecule has 1 N–H and O–H groups in total. The molecule has 0 aliphatic rings. The van der Waals surface area contributed by atoms with E-state index in [1.165, 1.54) is 6.92 Å². The number of rotatable bonds is 7. The van der Waals surface area contributed by atoms with Crippen LogP contribution in [-0.2, 0) is 11.3 Å². The van der Waals surface area contributed by atoms with Crippen molar-refractivity contribution in [3.63, 3.8) is 0 Å². The van der Waals surface area contributed by atoms with Gasteiger partial charge in [0.05, 0.1) is 0 Å². The van der Waals surface area contributed by atoms with E-state index in [1.807, 2.05) is 59.2 Å². The molecule has 35 heavy (non-hydrogen) atoms. The van der Waals surface area contributed by atoms with Crippen LogP contribution >= 0.6 is 0 Å². The molecule has 174 valence electrons. The van der Waals surface area contributed by atoms with Gasteiger partial charge in [-0.05, 0) is 0 Å². The number of ether oxygens (including phenoxy) is 1. The summed E-state index contributed by atoms with van der Waals surface area (Å²) in [4.78, 5) is 34.6. The van der Waals surface area contributed by atoms with Crippen LogP contribution in [0.1, 0.15) is 12.5 Å². The third-order valence-electron chi connectivity index (χ3n) is 5.20. The van der Waals surface area contributed by atoms with E-state index in [0.29, 0.717) is 23.9 Å². The molecule has 1 amide bonds. The van der Waals surface area contributed by atoms with Crippen molar-refractivity contribution in [1.82, 2.24) is 29.5 Å². The van der Waals surface area contributed by atoms with E-state index in [-0.39, 0.29) is 5.91 Å². The summed E-state index contributed by atoms with van der Waals surface area (Å²) >= 11 is -0.910. The van der Waals surface area contributed by atoms with E-state index < -0.39 is 15.8 Å². The van der Waals surface area contributed by atoms with Gasteiger partial charge in [0.25, 0.3) is 0 Å². The minimum atomic E-state index is -0.910. The van der Waals surface area contributed by atoms with Crippen molar-refractivity contribution >= 4 is 47.5 Å². The predicted molar refractivity (Wildman–Crippen MR) is 136 cm³/mol. The first-order valence-corrected chi connectivity index (χ1v) is 13.0. The number of hydrogen-bond acceptors (Lipinski definition) is 7. The second-order valence-electron chi connectivity index (χ2n) is 7.74. The molecule has 0 fully saturated rings. The fourth-order valence-corrected chi connectivity index (χ4v) is 5.88. The van der Waals surface area contributed by atoms with Gasteiger partial charge >= 0.3 is 209 Å². The van der Waals surface area contributed by atoms with Crippen molar-refractivity contribution in [1.29, 1.82) is 0 Å². The van der Waals surface area contributed by atoms with Gasteiger partial charge in [-0.2, -0.15) is 0 Å². The number of nitrogens with zero attached hydrogens (tertiary/aromatic N) is 6. The summed E-state index contributed by atoms with van der Waals surface area (Å²) < 4.78 is 9.26. The van der Waals surface area contributed by atoms with Crippen molar-refractivity contribution in [2.75, 3.05) is 12.4 Å². The van der Waals surface area contributed by atoms with E-state index in [0.717, 1.165) is 31.3 Å². The first kappa shape index (κ1) is 22.7. The minimum absolute atomic E-state index is 0.159. The van der Waals surface area contributed by atoms with Gasteiger partial charge in [0.2, 0.25) is 0 Å². The van der Waals surface area contributed by atoms with E-state index in [2.05, 4.69) is 20.3 Å². The first-order chi connectivity index (χ1) is 17.1. The van der Waals surface area contributed by atoms with Crippen LogP contribution in [-0.4, -0.2) is 58.3 Å². The predicted octanol–water partition coefficient (Wildman–Crippen LogP) is 1.69. The topological polar surface area (TPSA) is 108 Å². The Morgan fingerprint density at radius 3 is 2.63 bits per heavy atom. The van der Waals surface area contributed by atoms with Gasteiger partial charge < -0.3 is 0 Å². The maximum absolute atomic E-state index is 11.5. The van der Waals surface area contributed by atoms with Crippen LogP contribution in [0.15, 0.2) is 73.3 Å². The summed E-state index contributed by atoms with van der Waals surface area (Å²) in [5, 5.41) is 2.74. The second-order valence-corrected chi connectivity index (χ2v) is 10.5. The van der Waals surface area contributed by atoms with E-state index in [1.54, 1.807) is 25.8 Å². The molecular formula is C25H22AsN7O2. The summed E-state index contributed by atoms with van der Waals surface area (Å²) in [5.74, 6) is 1.74. The van der Waals surface area contributed by atoms with Gasteiger partial charge in [-0.15, -0.1) is 0 Å². The molecule has 0 spiro atoms. The van der Waals surface area contributed by atoms with Crippen LogP contribution in [0.25, 0.3) is 22.7 Å². The number of nitrogens with one attached hydrogen (secondary N) is 1. The van der Waals surface area contributed by atoms with Gasteiger partial charge in [-0.25, -0.2) is 0 Å². The molecule has 0 bridgehead atoms. The average Bonchev–Trinajstić information content (AvgIpc) is 3.28. The zero-order chi connectivity index (χ0) is 24.2. The Balaban J connectivity index is 1.56. The molecule has 0 radical (unpaired) electrons. The molecule has 5 aromatic rings. The number of carbonyl (C=O) groups is 1. The SMILES string of the molecule is COc1ccc(Cn2cnc3c([AsH]c4ccnc(NC(C)=O)c4)nc(-c4ccccn4)nc32)cc1. The Morgan fingerprint density at radius 1 is 1.03 bits per heavy atom. The molecule has 5 rings (SSSR count). The summed E-state index contributed by atoms with van der Waals surface area (Å²) in [5.41, 5.74) is 3.34. The normalized spacial score (nSPS) is 11.3. The van der Waals surface area contributed by atoms with Crippen molar-refractivity contribution in [3.05, 3.63) is 78.9 Å². The quantitative estimate of drug-likeness (QED) is 0.321. The summed E-state index contributed by atoms with van der Waals surface area (Å²) in [6.07, 6.45) is 5.23. The number of imidazole rings is 1. The standard InChI is InChI=1S/C25H22AsN7O2/c1-16(34)30-21-13-18(10-12-28-21)26-23-22-25(32-24(31-23)20-5-3-4-11-27-20)33(15-29-22)14-17-6-8-19(35-2)9-7-17/h3-13,15,26H,14H2,1-2H3,(H,28,30,34). The third-order valence-corrected chi connectivity index (χ3v) is 7.68. The van der Waals surface area contributed by atoms with Gasteiger partial charge in [-0.3, -0.25) is 0 Å². The zero-order valence-corrected chi connectivity index (χ0v) is 21.2. The molecular weight excluding hydrogens is 505 g/mol. The average molecular weight is 527 g/mol. The molecule has 1 unspecified atom stereocenters. The number of carbonyl (C=O) groups excluding carboxylic acids is 1. The fraction of sp³-hybridized carbons (Fsp3) is 0.120. The number of fused-ring (bicyclic) bond motifs is 1. The van der Waals surface area contributed by atoms with Crippen LogP contribution in [0.2, 0.25) is 0 Å². The fourth-order valence-electron chi connectivity index (χ4n) is 3.58.